The van der Waals surface area contributed by atoms with Crippen molar-refractivity contribution in [1.29, 1.82) is 0 Å². The molecule has 23 heavy (non-hydrogen) atoms. The Balaban J connectivity index is 2.35. The monoisotopic (exact) mass is 322 g/mol. The van der Waals surface area contributed by atoms with Crippen molar-refractivity contribution in [1.82, 2.24) is 10.6 Å². The van der Waals surface area contributed by atoms with E-state index >= 15 is 0 Å². The van der Waals surface area contributed by atoms with Crippen molar-refractivity contribution < 1.29 is 9.47 Å². The summed E-state index contributed by atoms with van der Waals surface area (Å²) in [6.07, 6.45) is 0.830. The van der Waals surface area contributed by atoms with Gasteiger partial charge >= 0.3 is 0 Å². The van der Waals surface area contributed by atoms with Crippen LogP contribution in [0.25, 0.3) is 0 Å². The predicted octanol–water partition coefficient (Wildman–Crippen LogP) is 1.54. The third kappa shape index (κ3) is 7.74. The zero-order chi connectivity index (χ0) is 17.3. The van der Waals surface area contributed by atoms with Gasteiger partial charge in [-0.05, 0) is 44.9 Å². The summed E-state index contributed by atoms with van der Waals surface area (Å²) in [6.45, 7) is 8.57. The Hall–Kier alpha value is -1.95. The van der Waals surface area contributed by atoms with Gasteiger partial charge in [0.2, 0.25) is 0 Å². The molecule has 0 fully saturated rings. The quantitative estimate of drug-likeness (QED) is 0.384. The highest BCUT2D eigenvalue weighted by Crippen LogP contribution is 2.27. The van der Waals surface area contributed by atoms with Gasteiger partial charge in [-0.3, -0.25) is 4.99 Å². The van der Waals surface area contributed by atoms with Gasteiger partial charge in [-0.25, -0.2) is 0 Å². The summed E-state index contributed by atoms with van der Waals surface area (Å²) < 4.78 is 10.5. The maximum Gasteiger partial charge on any atom is 0.188 e. The number of ether oxygens (including phenoxy) is 2. The van der Waals surface area contributed by atoms with Crippen LogP contribution >= 0.6 is 0 Å². The molecule has 0 atom stereocenters. The third-order valence-corrected chi connectivity index (χ3v) is 3.22. The minimum Gasteiger partial charge on any atom is -0.493 e. The minimum absolute atomic E-state index is 0.102. The number of rotatable bonds is 8. The molecule has 0 aliphatic rings. The number of aliphatic imine (C=N–C) groups is 1. The largest absolute Gasteiger partial charge is 0.493 e. The molecule has 1 aromatic rings. The lowest BCUT2D eigenvalue weighted by Gasteiger charge is -2.19. The second kappa shape index (κ2) is 9.25. The van der Waals surface area contributed by atoms with Gasteiger partial charge < -0.3 is 25.8 Å². The average Bonchev–Trinajstić information content (AvgIpc) is 2.50. The lowest BCUT2D eigenvalue weighted by atomic mass is 10.1. The molecular weight excluding hydrogens is 292 g/mol. The molecule has 0 radical (unpaired) electrons. The van der Waals surface area contributed by atoms with Crippen LogP contribution in [0.3, 0.4) is 0 Å². The zero-order valence-corrected chi connectivity index (χ0v) is 14.9. The third-order valence-electron chi connectivity index (χ3n) is 3.22. The predicted molar refractivity (Wildman–Crippen MR) is 95.5 cm³/mol. The number of guanidine groups is 1. The van der Waals surface area contributed by atoms with E-state index in [0.717, 1.165) is 36.6 Å². The van der Waals surface area contributed by atoms with E-state index in [9.17, 15) is 0 Å². The number of nitrogens with two attached hydrogens (primary N) is 1. The standard InChI is InChI=1S/C17H30N4O2/c1-17(2,3)21-11-10-20-16(18)19-9-8-13-6-7-14(22-4)15(12-13)23-5/h6-7,12,21H,8-11H2,1-5H3,(H3,18,19,20). The van der Waals surface area contributed by atoms with Crippen LogP contribution in [0.4, 0.5) is 0 Å². The van der Waals surface area contributed by atoms with Crippen molar-refractivity contribution in [2.75, 3.05) is 33.9 Å². The zero-order valence-electron chi connectivity index (χ0n) is 14.9. The molecule has 1 aromatic carbocycles. The van der Waals surface area contributed by atoms with Gasteiger partial charge in [-0.2, -0.15) is 0 Å². The van der Waals surface area contributed by atoms with Crippen LogP contribution < -0.4 is 25.8 Å². The van der Waals surface area contributed by atoms with Gasteiger partial charge in [-0.1, -0.05) is 6.07 Å². The SMILES string of the molecule is COc1ccc(CCNC(N)=NCCNC(C)(C)C)cc1OC. The van der Waals surface area contributed by atoms with Crippen LogP contribution in [0, 0.1) is 0 Å². The Morgan fingerprint density at radius 3 is 2.43 bits per heavy atom. The first-order chi connectivity index (χ1) is 10.9. The molecule has 4 N–H and O–H groups in total. The highest BCUT2D eigenvalue weighted by atomic mass is 16.5. The summed E-state index contributed by atoms with van der Waals surface area (Å²) in [5.74, 6) is 1.94. The van der Waals surface area contributed by atoms with E-state index in [1.165, 1.54) is 0 Å². The fourth-order valence-electron chi connectivity index (χ4n) is 2.03. The molecule has 0 bridgehead atoms. The number of methoxy groups -OCH3 is 2. The number of nitrogens with one attached hydrogen (secondary N) is 2. The summed E-state index contributed by atoms with van der Waals surface area (Å²) in [7, 11) is 3.26. The van der Waals surface area contributed by atoms with Crippen molar-refractivity contribution in [2.24, 2.45) is 10.7 Å². The van der Waals surface area contributed by atoms with Crippen LogP contribution in [0.15, 0.2) is 23.2 Å². The van der Waals surface area contributed by atoms with E-state index in [1.54, 1.807) is 14.2 Å². The number of hydrogen-bond donors (Lipinski definition) is 3. The van der Waals surface area contributed by atoms with Crippen molar-refractivity contribution in [2.45, 2.75) is 32.7 Å². The van der Waals surface area contributed by atoms with Crippen molar-refractivity contribution in [3.8, 4) is 11.5 Å². The minimum atomic E-state index is 0.102. The molecule has 0 unspecified atom stereocenters. The summed E-state index contributed by atoms with van der Waals surface area (Å²) in [4.78, 5) is 4.30. The van der Waals surface area contributed by atoms with E-state index in [0.29, 0.717) is 12.5 Å². The maximum absolute atomic E-state index is 5.86. The normalized spacial score (nSPS) is 12.1. The Kier molecular flexibility index (Phi) is 7.68. The van der Waals surface area contributed by atoms with Crippen molar-refractivity contribution in [3.63, 3.8) is 0 Å². The van der Waals surface area contributed by atoms with Crippen LogP contribution in [0.5, 0.6) is 11.5 Å². The molecule has 6 nitrogen and oxygen atoms in total. The first-order valence-corrected chi connectivity index (χ1v) is 7.85. The molecule has 0 saturated carbocycles. The first-order valence-electron chi connectivity index (χ1n) is 7.85. The smallest absolute Gasteiger partial charge is 0.188 e. The van der Waals surface area contributed by atoms with Gasteiger partial charge in [0, 0.05) is 18.6 Å². The van der Waals surface area contributed by atoms with Crippen LogP contribution in [0.1, 0.15) is 26.3 Å². The molecule has 0 aliphatic carbocycles. The topological polar surface area (TPSA) is 80.9 Å². The van der Waals surface area contributed by atoms with E-state index in [4.69, 9.17) is 15.2 Å². The van der Waals surface area contributed by atoms with Crippen molar-refractivity contribution in [3.05, 3.63) is 23.8 Å². The molecule has 130 valence electrons. The Labute approximate surface area is 139 Å². The summed E-state index contributed by atoms with van der Waals surface area (Å²) >= 11 is 0. The highest BCUT2D eigenvalue weighted by molar-refractivity contribution is 5.77. The number of nitrogens with zero attached hydrogens (tertiary/aromatic N) is 1. The lowest BCUT2D eigenvalue weighted by Crippen LogP contribution is -2.38. The van der Waals surface area contributed by atoms with E-state index in [1.807, 2.05) is 18.2 Å². The van der Waals surface area contributed by atoms with Crippen molar-refractivity contribution >= 4 is 5.96 Å². The molecule has 6 heteroatoms. The first kappa shape index (κ1) is 19.1. The molecule has 1 rings (SSSR count). The van der Waals surface area contributed by atoms with E-state index in [-0.39, 0.29) is 5.54 Å². The van der Waals surface area contributed by atoms with E-state index in [2.05, 4.69) is 36.4 Å². The Bertz CT molecular complexity index is 510. The molecule has 0 aliphatic heterocycles. The van der Waals surface area contributed by atoms with Gasteiger partial charge in [0.15, 0.2) is 17.5 Å². The van der Waals surface area contributed by atoms with Crippen LogP contribution in [-0.4, -0.2) is 45.4 Å². The highest BCUT2D eigenvalue weighted by Gasteiger charge is 2.07. The van der Waals surface area contributed by atoms with Gasteiger partial charge in [0.25, 0.3) is 0 Å². The fraction of sp³-hybridized carbons (Fsp3) is 0.588. The summed E-state index contributed by atoms with van der Waals surface area (Å²) in [6, 6.07) is 5.90. The number of benzene rings is 1. The molecule has 0 saturated heterocycles. The molecule has 0 amide bonds. The van der Waals surface area contributed by atoms with Gasteiger partial charge in [0.05, 0.1) is 20.8 Å². The fourth-order valence-corrected chi connectivity index (χ4v) is 2.03. The van der Waals surface area contributed by atoms with Crippen LogP contribution in [-0.2, 0) is 6.42 Å². The summed E-state index contributed by atoms with van der Waals surface area (Å²) in [5.41, 5.74) is 7.11. The second-order valence-corrected chi connectivity index (χ2v) is 6.31. The summed E-state index contributed by atoms with van der Waals surface area (Å²) in [5, 5.41) is 6.49. The van der Waals surface area contributed by atoms with Gasteiger partial charge in [-0.15, -0.1) is 0 Å². The van der Waals surface area contributed by atoms with E-state index < -0.39 is 0 Å². The van der Waals surface area contributed by atoms with Crippen LogP contribution in [0.2, 0.25) is 0 Å². The number of hydrogen-bond acceptors (Lipinski definition) is 4. The molecule has 0 aromatic heterocycles. The molecule has 0 spiro atoms. The second-order valence-electron chi connectivity index (χ2n) is 6.31. The Morgan fingerprint density at radius 2 is 1.83 bits per heavy atom. The average molecular weight is 322 g/mol. The molecule has 0 heterocycles. The maximum atomic E-state index is 5.86. The Morgan fingerprint density at radius 1 is 1.13 bits per heavy atom. The van der Waals surface area contributed by atoms with Gasteiger partial charge in [0.1, 0.15) is 0 Å². The molecular formula is C17H30N4O2. The lowest BCUT2D eigenvalue weighted by molar-refractivity contribution is 0.354.